The number of hydrogen-bond donors (Lipinski definition) is 4. The standard InChI is InChI=1S/C22H25N3O7S/c23-33(30,31)11-5-10-24-21(28)19(12-20(26)27)25-22(29)32-13-18-16-8-3-1-6-14(16)15-7-2-4-9-17(15)18/h1-4,6-9,18-19H,5,10-13H2,(H,24,28)(H,25,29)(H,26,27)(H2,23,30,31). The number of primary sulfonamides is 1. The third-order valence-corrected chi connectivity index (χ3v) is 6.09. The lowest BCUT2D eigenvalue weighted by Crippen LogP contribution is -2.48. The van der Waals surface area contributed by atoms with Crippen LogP contribution in [0.15, 0.2) is 48.5 Å². The number of ether oxygens (including phenoxy) is 1. The highest BCUT2D eigenvalue weighted by Crippen LogP contribution is 2.44. The fourth-order valence-corrected chi connectivity index (χ4v) is 4.32. The summed E-state index contributed by atoms with van der Waals surface area (Å²) >= 11 is 0. The van der Waals surface area contributed by atoms with Gasteiger partial charge in [-0.05, 0) is 28.7 Å². The molecule has 1 aliphatic rings. The van der Waals surface area contributed by atoms with Crippen LogP contribution >= 0.6 is 0 Å². The van der Waals surface area contributed by atoms with Gasteiger partial charge in [0.25, 0.3) is 0 Å². The zero-order chi connectivity index (χ0) is 24.0. The molecule has 0 saturated carbocycles. The molecular formula is C22H25N3O7S. The molecule has 11 heteroatoms. The van der Waals surface area contributed by atoms with Crippen molar-refractivity contribution in [3.8, 4) is 11.1 Å². The molecule has 0 aromatic heterocycles. The average Bonchev–Trinajstić information content (AvgIpc) is 3.07. The predicted octanol–water partition coefficient (Wildman–Crippen LogP) is 1.16. The zero-order valence-electron chi connectivity index (χ0n) is 17.7. The van der Waals surface area contributed by atoms with E-state index in [-0.39, 0.29) is 31.2 Å². The molecule has 0 radical (unpaired) electrons. The number of fused-ring (bicyclic) bond motifs is 3. The Kier molecular flexibility index (Phi) is 7.67. The lowest BCUT2D eigenvalue weighted by Gasteiger charge is -2.18. The van der Waals surface area contributed by atoms with Gasteiger partial charge in [0, 0.05) is 12.5 Å². The minimum atomic E-state index is -3.67. The number of nitrogens with one attached hydrogen (secondary N) is 2. The number of alkyl carbamates (subject to hydrolysis) is 1. The molecule has 33 heavy (non-hydrogen) atoms. The number of carbonyl (C=O) groups excluding carboxylic acids is 2. The molecule has 0 spiro atoms. The van der Waals surface area contributed by atoms with Crippen LogP contribution in [0.2, 0.25) is 0 Å². The Morgan fingerprint density at radius 2 is 1.61 bits per heavy atom. The number of sulfonamides is 1. The van der Waals surface area contributed by atoms with Gasteiger partial charge in [-0.25, -0.2) is 18.4 Å². The summed E-state index contributed by atoms with van der Waals surface area (Å²) in [7, 11) is -3.67. The molecule has 1 unspecified atom stereocenters. The van der Waals surface area contributed by atoms with Crippen LogP contribution in [0, 0.1) is 0 Å². The normalized spacial score (nSPS) is 13.5. The number of nitrogens with two attached hydrogens (primary N) is 1. The van der Waals surface area contributed by atoms with E-state index in [1.807, 2.05) is 48.5 Å². The number of carboxylic acid groups (broad SMARTS) is 1. The molecule has 1 atom stereocenters. The number of carboxylic acids is 1. The molecule has 3 rings (SSSR count). The van der Waals surface area contributed by atoms with Crippen molar-refractivity contribution < 1.29 is 32.6 Å². The van der Waals surface area contributed by atoms with E-state index in [1.165, 1.54) is 0 Å². The van der Waals surface area contributed by atoms with E-state index < -0.39 is 40.5 Å². The van der Waals surface area contributed by atoms with Gasteiger partial charge >= 0.3 is 12.1 Å². The van der Waals surface area contributed by atoms with Gasteiger partial charge in [0.05, 0.1) is 12.2 Å². The Labute approximate surface area is 191 Å². The van der Waals surface area contributed by atoms with Crippen molar-refractivity contribution in [3.63, 3.8) is 0 Å². The largest absolute Gasteiger partial charge is 0.481 e. The van der Waals surface area contributed by atoms with Crippen molar-refractivity contribution >= 4 is 28.0 Å². The minimum Gasteiger partial charge on any atom is -0.481 e. The van der Waals surface area contributed by atoms with Gasteiger partial charge in [0.15, 0.2) is 0 Å². The van der Waals surface area contributed by atoms with E-state index >= 15 is 0 Å². The summed E-state index contributed by atoms with van der Waals surface area (Å²) in [5.41, 5.74) is 4.15. The number of rotatable bonds is 10. The van der Waals surface area contributed by atoms with Gasteiger partial charge in [-0.3, -0.25) is 9.59 Å². The molecule has 0 bridgehead atoms. The van der Waals surface area contributed by atoms with Crippen molar-refractivity contribution in [2.75, 3.05) is 18.9 Å². The quantitative estimate of drug-likeness (QED) is 0.374. The van der Waals surface area contributed by atoms with Gasteiger partial charge in [-0.15, -0.1) is 0 Å². The summed E-state index contributed by atoms with van der Waals surface area (Å²) in [6.45, 7) is -0.0343. The monoisotopic (exact) mass is 475 g/mol. The second-order valence-electron chi connectivity index (χ2n) is 7.63. The fourth-order valence-electron chi connectivity index (χ4n) is 3.77. The number of carbonyl (C=O) groups is 3. The SMILES string of the molecule is NS(=O)(=O)CCCNC(=O)C(CC(=O)O)NC(=O)OCC1c2ccccc2-c2ccccc21. The number of aliphatic carboxylic acids is 1. The first-order chi connectivity index (χ1) is 15.7. The summed E-state index contributed by atoms with van der Waals surface area (Å²) < 4.78 is 27.3. The maximum Gasteiger partial charge on any atom is 0.407 e. The summed E-state index contributed by atoms with van der Waals surface area (Å²) in [6, 6.07) is 14.2. The van der Waals surface area contributed by atoms with Crippen molar-refractivity contribution in [1.82, 2.24) is 10.6 Å². The summed E-state index contributed by atoms with van der Waals surface area (Å²) in [4.78, 5) is 35.8. The van der Waals surface area contributed by atoms with Gasteiger partial charge in [0.2, 0.25) is 15.9 Å². The molecule has 5 N–H and O–H groups in total. The molecule has 2 amide bonds. The lowest BCUT2D eigenvalue weighted by atomic mass is 9.98. The van der Waals surface area contributed by atoms with E-state index in [0.717, 1.165) is 22.3 Å². The van der Waals surface area contributed by atoms with Gasteiger partial charge in [-0.2, -0.15) is 0 Å². The van der Waals surface area contributed by atoms with Crippen LogP contribution in [0.5, 0.6) is 0 Å². The highest BCUT2D eigenvalue weighted by Gasteiger charge is 2.30. The van der Waals surface area contributed by atoms with Crippen LogP contribution in [0.4, 0.5) is 4.79 Å². The second kappa shape index (κ2) is 10.5. The minimum absolute atomic E-state index is 0.00955. The number of amides is 2. The Morgan fingerprint density at radius 3 is 2.15 bits per heavy atom. The van der Waals surface area contributed by atoms with Crippen LogP contribution in [0.25, 0.3) is 11.1 Å². The van der Waals surface area contributed by atoms with Crippen molar-refractivity contribution in [1.29, 1.82) is 0 Å². The average molecular weight is 476 g/mol. The fraction of sp³-hybridized carbons (Fsp3) is 0.318. The Hall–Kier alpha value is -3.44. The first kappa shape index (κ1) is 24.2. The molecule has 176 valence electrons. The molecule has 2 aromatic rings. The molecular weight excluding hydrogens is 450 g/mol. The third kappa shape index (κ3) is 6.53. The van der Waals surface area contributed by atoms with E-state index in [2.05, 4.69) is 10.6 Å². The highest BCUT2D eigenvalue weighted by molar-refractivity contribution is 7.89. The van der Waals surface area contributed by atoms with Crippen molar-refractivity contribution in [2.45, 2.75) is 24.8 Å². The van der Waals surface area contributed by atoms with E-state index in [1.54, 1.807) is 0 Å². The molecule has 2 aromatic carbocycles. The van der Waals surface area contributed by atoms with Crippen LogP contribution in [0.1, 0.15) is 29.9 Å². The Bertz CT molecular complexity index is 1100. The molecule has 0 aliphatic heterocycles. The zero-order valence-corrected chi connectivity index (χ0v) is 18.5. The molecule has 0 fully saturated rings. The molecule has 0 saturated heterocycles. The Balaban J connectivity index is 1.59. The second-order valence-corrected chi connectivity index (χ2v) is 9.37. The first-order valence-electron chi connectivity index (χ1n) is 10.3. The van der Waals surface area contributed by atoms with Gasteiger partial charge in [0.1, 0.15) is 12.6 Å². The molecule has 10 nitrogen and oxygen atoms in total. The van der Waals surface area contributed by atoms with Gasteiger partial charge < -0.3 is 20.5 Å². The summed E-state index contributed by atoms with van der Waals surface area (Å²) in [5.74, 6) is -2.58. The van der Waals surface area contributed by atoms with Crippen molar-refractivity contribution in [2.24, 2.45) is 5.14 Å². The van der Waals surface area contributed by atoms with Crippen LogP contribution in [-0.2, 0) is 24.3 Å². The topological polar surface area (TPSA) is 165 Å². The highest BCUT2D eigenvalue weighted by atomic mass is 32.2. The van der Waals surface area contributed by atoms with E-state index in [9.17, 15) is 22.8 Å². The number of hydrogen-bond acceptors (Lipinski definition) is 6. The van der Waals surface area contributed by atoms with Crippen molar-refractivity contribution in [3.05, 3.63) is 59.7 Å². The van der Waals surface area contributed by atoms with E-state index in [4.69, 9.17) is 15.0 Å². The maximum atomic E-state index is 12.4. The lowest BCUT2D eigenvalue weighted by molar-refractivity contribution is -0.139. The summed E-state index contributed by atoms with van der Waals surface area (Å²) in [6.07, 6.45) is -1.54. The van der Waals surface area contributed by atoms with E-state index in [0.29, 0.717) is 0 Å². The Morgan fingerprint density at radius 1 is 1.03 bits per heavy atom. The van der Waals surface area contributed by atoms with Crippen LogP contribution in [-0.4, -0.2) is 56.4 Å². The smallest absolute Gasteiger partial charge is 0.407 e. The predicted molar refractivity (Wildman–Crippen MR) is 120 cm³/mol. The van der Waals surface area contributed by atoms with Crippen LogP contribution in [0.3, 0.4) is 0 Å². The maximum absolute atomic E-state index is 12.4. The molecule has 0 heterocycles. The van der Waals surface area contributed by atoms with Crippen LogP contribution < -0.4 is 15.8 Å². The summed E-state index contributed by atoms with van der Waals surface area (Å²) in [5, 5.41) is 18.7. The van der Waals surface area contributed by atoms with Gasteiger partial charge in [-0.1, -0.05) is 48.5 Å². The number of benzene rings is 2. The first-order valence-corrected chi connectivity index (χ1v) is 12.0. The molecule has 1 aliphatic carbocycles. The third-order valence-electron chi connectivity index (χ3n) is 5.24.